The second-order valence-corrected chi connectivity index (χ2v) is 6.78. The molecule has 9 heteroatoms. The smallest absolute Gasteiger partial charge is 0.270 e. The van der Waals surface area contributed by atoms with Crippen LogP contribution in [0.1, 0.15) is 6.42 Å². The Morgan fingerprint density at radius 1 is 1.33 bits per heavy atom. The molecule has 1 aliphatic heterocycles. The van der Waals surface area contributed by atoms with Gasteiger partial charge in [0.15, 0.2) is 0 Å². The molecule has 0 saturated carbocycles. The maximum absolute atomic E-state index is 12.9. The number of halogens is 1. The number of ether oxygens (including phenoxy) is 1. The minimum absolute atomic E-state index is 0.0222. The lowest BCUT2D eigenvalue weighted by atomic mass is 10.3. The van der Waals surface area contributed by atoms with Gasteiger partial charge in [-0.2, -0.15) is 10.1 Å². The number of fused-ring (bicyclic) bond motifs is 1. The van der Waals surface area contributed by atoms with E-state index in [1.165, 1.54) is 29.9 Å². The molecule has 7 nitrogen and oxygen atoms in total. The van der Waals surface area contributed by atoms with E-state index >= 15 is 0 Å². The molecule has 1 aromatic carbocycles. The first-order chi connectivity index (χ1) is 10.0. The lowest BCUT2D eigenvalue weighted by molar-refractivity contribution is 0.402. The number of anilines is 1. The van der Waals surface area contributed by atoms with Gasteiger partial charge < -0.3 is 4.74 Å². The van der Waals surface area contributed by atoms with Crippen LogP contribution in [-0.2, 0) is 16.6 Å². The number of benzene rings is 1. The van der Waals surface area contributed by atoms with Crippen molar-refractivity contribution >= 4 is 27.6 Å². The van der Waals surface area contributed by atoms with Crippen LogP contribution in [0.2, 0.25) is 5.02 Å². The molecule has 3 rings (SSSR count). The van der Waals surface area contributed by atoms with E-state index < -0.39 is 10.0 Å². The Morgan fingerprint density at radius 2 is 2.14 bits per heavy atom. The molecule has 1 aromatic heterocycles. The fourth-order valence-corrected chi connectivity index (χ4v) is 4.15. The van der Waals surface area contributed by atoms with E-state index in [-0.39, 0.29) is 10.6 Å². The van der Waals surface area contributed by atoms with Gasteiger partial charge in [0.1, 0.15) is 17.0 Å². The molecule has 0 fully saturated rings. The summed E-state index contributed by atoms with van der Waals surface area (Å²) in [4.78, 5) is 4.05. The zero-order valence-electron chi connectivity index (χ0n) is 11.2. The summed E-state index contributed by atoms with van der Waals surface area (Å²) in [5.74, 6) is 0.555. The van der Waals surface area contributed by atoms with Crippen LogP contribution in [0.15, 0.2) is 29.4 Å². The van der Waals surface area contributed by atoms with E-state index in [1.807, 2.05) is 0 Å². The van der Waals surface area contributed by atoms with Crippen molar-refractivity contribution in [2.24, 2.45) is 0 Å². The number of sulfonamides is 1. The van der Waals surface area contributed by atoms with Crippen LogP contribution in [0.4, 0.5) is 5.95 Å². The first-order valence-electron chi connectivity index (χ1n) is 6.28. The number of hydrogen-bond donors (Lipinski definition) is 0. The van der Waals surface area contributed by atoms with Gasteiger partial charge in [-0.3, -0.25) is 0 Å². The maximum atomic E-state index is 12.9. The molecular weight excluding hydrogens is 316 g/mol. The van der Waals surface area contributed by atoms with Gasteiger partial charge in [-0.15, -0.1) is 0 Å². The minimum atomic E-state index is -3.81. The third kappa shape index (κ3) is 2.34. The van der Waals surface area contributed by atoms with Gasteiger partial charge in [0.25, 0.3) is 10.0 Å². The van der Waals surface area contributed by atoms with Crippen molar-refractivity contribution in [1.29, 1.82) is 0 Å². The van der Waals surface area contributed by atoms with Crippen LogP contribution in [0.5, 0.6) is 5.75 Å². The summed E-state index contributed by atoms with van der Waals surface area (Å²) in [6, 6.07) is 4.49. The molecule has 0 spiro atoms. The Labute approximate surface area is 127 Å². The van der Waals surface area contributed by atoms with E-state index in [2.05, 4.69) is 10.1 Å². The van der Waals surface area contributed by atoms with Crippen LogP contribution in [0.3, 0.4) is 0 Å². The predicted molar refractivity (Wildman–Crippen MR) is 77.2 cm³/mol. The summed E-state index contributed by atoms with van der Waals surface area (Å²) in [6.07, 6.45) is 2.01. The Balaban J connectivity index is 2.13. The van der Waals surface area contributed by atoms with Crippen LogP contribution >= 0.6 is 11.6 Å². The summed E-state index contributed by atoms with van der Waals surface area (Å²) in [5, 5.41) is 4.34. The quantitative estimate of drug-likeness (QED) is 0.854. The first kappa shape index (κ1) is 14.2. The van der Waals surface area contributed by atoms with Gasteiger partial charge in [0.2, 0.25) is 5.95 Å². The van der Waals surface area contributed by atoms with Crippen molar-refractivity contribution in [3.63, 3.8) is 0 Å². The number of aromatic nitrogens is 3. The molecule has 0 unspecified atom stereocenters. The van der Waals surface area contributed by atoms with Crippen molar-refractivity contribution in [3.8, 4) is 5.75 Å². The molecule has 0 amide bonds. The van der Waals surface area contributed by atoms with E-state index in [1.54, 1.807) is 10.7 Å². The number of hydrogen-bond acceptors (Lipinski definition) is 5. The largest absolute Gasteiger partial charge is 0.495 e. The summed E-state index contributed by atoms with van der Waals surface area (Å²) >= 11 is 5.93. The molecule has 0 atom stereocenters. The van der Waals surface area contributed by atoms with Gasteiger partial charge in [-0.25, -0.2) is 17.4 Å². The lowest BCUT2D eigenvalue weighted by Gasteiger charge is -2.27. The molecule has 112 valence electrons. The summed E-state index contributed by atoms with van der Waals surface area (Å²) in [7, 11) is -2.39. The average molecular weight is 329 g/mol. The van der Waals surface area contributed by atoms with Gasteiger partial charge in [-0.1, -0.05) is 11.6 Å². The molecule has 1 aliphatic rings. The Kier molecular flexibility index (Phi) is 3.50. The molecule has 2 aromatic rings. The highest BCUT2D eigenvalue weighted by molar-refractivity contribution is 7.93. The van der Waals surface area contributed by atoms with Crippen molar-refractivity contribution in [2.45, 2.75) is 17.9 Å². The second-order valence-electron chi connectivity index (χ2n) is 4.51. The highest BCUT2D eigenvalue weighted by Gasteiger charge is 2.33. The fraction of sp³-hybridized carbons (Fsp3) is 0.333. The maximum Gasteiger partial charge on any atom is 0.270 e. The number of nitrogens with zero attached hydrogens (tertiary/aromatic N) is 4. The van der Waals surface area contributed by atoms with Crippen molar-refractivity contribution < 1.29 is 13.2 Å². The van der Waals surface area contributed by atoms with Crippen molar-refractivity contribution in [2.75, 3.05) is 18.0 Å². The molecule has 0 radical (unpaired) electrons. The second kappa shape index (κ2) is 5.19. The molecule has 21 heavy (non-hydrogen) atoms. The third-order valence-electron chi connectivity index (χ3n) is 3.24. The topological polar surface area (TPSA) is 77.3 Å². The van der Waals surface area contributed by atoms with Gasteiger partial charge in [0, 0.05) is 18.1 Å². The van der Waals surface area contributed by atoms with E-state index in [4.69, 9.17) is 16.3 Å². The van der Waals surface area contributed by atoms with Crippen LogP contribution < -0.4 is 9.04 Å². The fourth-order valence-electron chi connectivity index (χ4n) is 2.27. The summed E-state index contributed by atoms with van der Waals surface area (Å²) in [6.45, 7) is 0.991. The summed E-state index contributed by atoms with van der Waals surface area (Å²) < 4.78 is 33.7. The lowest BCUT2D eigenvalue weighted by Crippen LogP contribution is -2.38. The molecule has 0 bridgehead atoms. The van der Waals surface area contributed by atoms with Gasteiger partial charge in [0.05, 0.1) is 7.11 Å². The van der Waals surface area contributed by atoms with Crippen LogP contribution in [0, 0.1) is 0 Å². The average Bonchev–Trinajstić information content (AvgIpc) is 2.95. The van der Waals surface area contributed by atoms with Crippen LogP contribution in [0.25, 0.3) is 0 Å². The van der Waals surface area contributed by atoms with E-state index in [0.29, 0.717) is 30.5 Å². The van der Waals surface area contributed by atoms with Gasteiger partial charge >= 0.3 is 0 Å². The number of methoxy groups -OCH3 is 1. The SMILES string of the molecule is COc1ccc(Cl)cc1S(=O)(=O)N1CCCn2ncnc21. The van der Waals surface area contributed by atoms with Crippen molar-refractivity contribution in [3.05, 3.63) is 29.5 Å². The standard InChI is InChI=1S/C12H13ClN4O3S/c1-20-10-4-3-9(13)7-11(10)21(18,19)17-6-2-5-16-12(17)14-8-15-16/h3-4,7-8H,2,5-6H2,1H3. The molecular formula is C12H13ClN4O3S. The van der Waals surface area contributed by atoms with Gasteiger partial charge in [-0.05, 0) is 24.6 Å². The highest BCUT2D eigenvalue weighted by atomic mass is 35.5. The number of aryl methyl sites for hydroxylation is 1. The number of rotatable bonds is 3. The Morgan fingerprint density at radius 3 is 2.90 bits per heavy atom. The van der Waals surface area contributed by atoms with E-state index in [9.17, 15) is 8.42 Å². The summed E-state index contributed by atoms with van der Waals surface area (Å²) in [5.41, 5.74) is 0. The molecule has 0 aliphatic carbocycles. The van der Waals surface area contributed by atoms with Crippen LogP contribution in [-0.4, -0.2) is 36.8 Å². The Bertz CT molecular complexity index is 775. The zero-order valence-corrected chi connectivity index (χ0v) is 12.8. The zero-order chi connectivity index (χ0) is 15.0. The predicted octanol–water partition coefficient (Wildman–Crippen LogP) is 1.54. The Hall–Kier alpha value is -1.80. The monoisotopic (exact) mass is 328 g/mol. The third-order valence-corrected chi connectivity index (χ3v) is 5.28. The normalized spacial score (nSPS) is 14.9. The highest BCUT2D eigenvalue weighted by Crippen LogP contribution is 2.32. The molecule has 0 N–H and O–H groups in total. The molecule has 2 heterocycles. The first-order valence-corrected chi connectivity index (χ1v) is 8.10. The molecule has 0 saturated heterocycles. The van der Waals surface area contributed by atoms with E-state index in [0.717, 1.165) is 0 Å². The van der Waals surface area contributed by atoms with Crippen molar-refractivity contribution in [1.82, 2.24) is 14.8 Å². The minimum Gasteiger partial charge on any atom is -0.495 e.